The molecule has 0 unspecified atom stereocenters. The lowest BCUT2D eigenvalue weighted by Gasteiger charge is -2.14. The van der Waals surface area contributed by atoms with Crippen LogP contribution in [0, 0.1) is 6.92 Å². The van der Waals surface area contributed by atoms with Crippen LogP contribution in [0.25, 0.3) is 0 Å². The van der Waals surface area contributed by atoms with Crippen molar-refractivity contribution in [3.63, 3.8) is 0 Å². The van der Waals surface area contributed by atoms with Crippen LogP contribution in [0.1, 0.15) is 12.5 Å². The van der Waals surface area contributed by atoms with Gasteiger partial charge in [0, 0.05) is 0 Å². The fraction of sp³-hybridized carbons (Fsp3) is 0.333. The number of nitrogens with one attached hydrogen (secondary N) is 1. The third-order valence-electron chi connectivity index (χ3n) is 2.09. The first-order valence-electron chi connectivity index (χ1n) is 5.18. The van der Waals surface area contributed by atoms with Crippen LogP contribution in [-0.4, -0.2) is 24.5 Å². The largest absolute Gasteiger partial charge is 0.548 e. The molecule has 0 fully saturated rings. The van der Waals surface area contributed by atoms with Crippen LogP contribution in [0.15, 0.2) is 24.3 Å². The van der Waals surface area contributed by atoms with Crippen molar-refractivity contribution in [3.05, 3.63) is 29.8 Å². The summed E-state index contributed by atoms with van der Waals surface area (Å²) in [6, 6.07) is 6.21. The molecule has 1 atom stereocenters. The van der Waals surface area contributed by atoms with E-state index in [-0.39, 0.29) is 6.61 Å². The number of rotatable bonds is 5. The summed E-state index contributed by atoms with van der Waals surface area (Å²) in [4.78, 5) is 21.7. The highest BCUT2D eigenvalue weighted by molar-refractivity contribution is 5.83. The Kier molecular flexibility index (Phi) is 4.51. The van der Waals surface area contributed by atoms with Crippen molar-refractivity contribution in [2.24, 2.45) is 0 Å². The molecule has 5 heteroatoms. The van der Waals surface area contributed by atoms with Gasteiger partial charge in [0.25, 0.3) is 5.91 Å². The van der Waals surface area contributed by atoms with Gasteiger partial charge in [-0.2, -0.15) is 0 Å². The molecule has 0 radical (unpaired) electrons. The van der Waals surface area contributed by atoms with E-state index in [1.165, 1.54) is 6.92 Å². The minimum Gasteiger partial charge on any atom is -0.548 e. The van der Waals surface area contributed by atoms with Gasteiger partial charge in [0.1, 0.15) is 5.75 Å². The average Bonchev–Trinajstić information content (AvgIpc) is 2.26. The van der Waals surface area contributed by atoms with E-state index < -0.39 is 17.9 Å². The highest BCUT2D eigenvalue weighted by atomic mass is 16.5. The predicted molar refractivity (Wildman–Crippen MR) is 59.3 cm³/mol. The Hall–Kier alpha value is -2.04. The zero-order chi connectivity index (χ0) is 12.8. The minimum absolute atomic E-state index is 0.221. The summed E-state index contributed by atoms with van der Waals surface area (Å²) in [6.07, 6.45) is 0. The molecule has 0 saturated carbocycles. The summed E-state index contributed by atoms with van der Waals surface area (Å²) >= 11 is 0. The van der Waals surface area contributed by atoms with E-state index in [0.717, 1.165) is 5.56 Å². The van der Waals surface area contributed by atoms with Gasteiger partial charge in [-0.15, -0.1) is 0 Å². The molecule has 0 spiro atoms. The molecule has 0 heterocycles. The maximum Gasteiger partial charge on any atom is 0.258 e. The van der Waals surface area contributed by atoms with Crippen LogP contribution in [-0.2, 0) is 9.59 Å². The van der Waals surface area contributed by atoms with Crippen molar-refractivity contribution >= 4 is 11.9 Å². The molecule has 0 aliphatic carbocycles. The van der Waals surface area contributed by atoms with Crippen molar-refractivity contribution in [2.75, 3.05) is 6.61 Å². The van der Waals surface area contributed by atoms with Crippen LogP contribution in [0.5, 0.6) is 5.75 Å². The number of hydrogen-bond donors (Lipinski definition) is 1. The Morgan fingerprint density at radius 1 is 1.47 bits per heavy atom. The number of amides is 1. The lowest BCUT2D eigenvalue weighted by molar-refractivity contribution is -0.307. The second-order valence-electron chi connectivity index (χ2n) is 3.71. The number of benzene rings is 1. The topological polar surface area (TPSA) is 78.5 Å². The van der Waals surface area contributed by atoms with Crippen LogP contribution in [0.3, 0.4) is 0 Å². The molecular weight excluding hydrogens is 222 g/mol. The smallest absolute Gasteiger partial charge is 0.258 e. The summed E-state index contributed by atoms with van der Waals surface area (Å²) in [5, 5.41) is 12.6. The standard InChI is InChI=1S/C12H15NO4/c1-8-4-3-5-10(6-8)17-7-11(14)13-9(2)12(15)16/h3-6,9H,7H2,1-2H3,(H,13,14)(H,15,16)/p-1/t9-/m1/s1. The number of carbonyl (C=O) groups is 2. The number of hydrogen-bond acceptors (Lipinski definition) is 4. The van der Waals surface area contributed by atoms with Crippen molar-refractivity contribution in [1.29, 1.82) is 0 Å². The maximum absolute atomic E-state index is 11.3. The Morgan fingerprint density at radius 2 is 2.18 bits per heavy atom. The van der Waals surface area contributed by atoms with Crippen molar-refractivity contribution < 1.29 is 19.4 Å². The Morgan fingerprint density at radius 3 is 2.76 bits per heavy atom. The second-order valence-corrected chi connectivity index (χ2v) is 3.71. The second kappa shape index (κ2) is 5.89. The van der Waals surface area contributed by atoms with Crippen molar-refractivity contribution in [2.45, 2.75) is 19.9 Å². The van der Waals surface area contributed by atoms with E-state index in [1.54, 1.807) is 12.1 Å². The number of carbonyl (C=O) groups excluding carboxylic acids is 2. The summed E-state index contributed by atoms with van der Waals surface area (Å²) in [6.45, 7) is 3.02. The van der Waals surface area contributed by atoms with Gasteiger partial charge in [-0.25, -0.2) is 0 Å². The average molecular weight is 236 g/mol. The van der Waals surface area contributed by atoms with E-state index in [0.29, 0.717) is 5.75 Å². The number of aliphatic carboxylic acids is 1. The molecule has 1 amide bonds. The molecule has 1 N–H and O–H groups in total. The zero-order valence-electron chi connectivity index (χ0n) is 9.73. The molecule has 1 rings (SSSR count). The molecular formula is C12H14NO4-. The lowest BCUT2D eigenvalue weighted by Crippen LogP contribution is -2.47. The van der Waals surface area contributed by atoms with Crippen LogP contribution in [0.2, 0.25) is 0 Å². The lowest BCUT2D eigenvalue weighted by atomic mass is 10.2. The van der Waals surface area contributed by atoms with Gasteiger partial charge in [0.05, 0.1) is 12.0 Å². The van der Waals surface area contributed by atoms with Crippen molar-refractivity contribution in [1.82, 2.24) is 5.32 Å². The van der Waals surface area contributed by atoms with E-state index in [2.05, 4.69) is 5.32 Å². The first kappa shape index (κ1) is 13.0. The number of ether oxygens (including phenoxy) is 1. The predicted octanol–water partition coefficient (Wildman–Crippen LogP) is -0.372. The molecule has 0 aliphatic rings. The van der Waals surface area contributed by atoms with E-state index >= 15 is 0 Å². The molecule has 0 saturated heterocycles. The third-order valence-corrected chi connectivity index (χ3v) is 2.09. The number of carboxylic acids is 1. The highest BCUT2D eigenvalue weighted by Crippen LogP contribution is 2.11. The van der Waals surface area contributed by atoms with E-state index in [1.807, 2.05) is 19.1 Å². The molecule has 5 nitrogen and oxygen atoms in total. The van der Waals surface area contributed by atoms with Crippen LogP contribution >= 0.6 is 0 Å². The van der Waals surface area contributed by atoms with Crippen LogP contribution < -0.4 is 15.2 Å². The maximum atomic E-state index is 11.3. The molecule has 1 aromatic rings. The Bertz CT molecular complexity index is 417. The quantitative estimate of drug-likeness (QED) is 0.756. The fourth-order valence-electron chi connectivity index (χ4n) is 1.20. The van der Waals surface area contributed by atoms with E-state index in [9.17, 15) is 14.7 Å². The zero-order valence-corrected chi connectivity index (χ0v) is 9.73. The summed E-state index contributed by atoms with van der Waals surface area (Å²) < 4.78 is 5.20. The summed E-state index contributed by atoms with van der Waals surface area (Å²) in [7, 11) is 0. The molecule has 0 bridgehead atoms. The highest BCUT2D eigenvalue weighted by Gasteiger charge is 2.08. The van der Waals surface area contributed by atoms with E-state index in [4.69, 9.17) is 4.74 Å². The van der Waals surface area contributed by atoms with Gasteiger partial charge in [-0.05, 0) is 31.5 Å². The van der Waals surface area contributed by atoms with Gasteiger partial charge < -0.3 is 20.0 Å². The molecule has 92 valence electrons. The minimum atomic E-state index is -1.33. The Labute approximate surface area is 99.4 Å². The van der Waals surface area contributed by atoms with Gasteiger partial charge in [-0.1, -0.05) is 12.1 Å². The number of carboxylic acid groups (broad SMARTS) is 1. The van der Waals surface area contributed by atoms with Gasteiger partial charge in [-0.3, -0.25) is 4.79 Å². The first-order chi connectivity index (χ1) is 7.99. The first-order valence-corrected chi connectivity index (χ1v) is 5.18. The molecule has 0 aliphatic heterocycles. The Balaban J connectivity index is 2.41. The number of aryl methyl sites for hydroxylation is 1. The molecule has 17 heavy (non-hydrogen) atoms. The summed E-state index contributed by atoms with van der Waals surface area (Å²) in [5.41, 5.74) is 1.02. The SMILES string of the molecule is Cc1cccc(OCC(=O)N[C@H](C)C(=O)[O-])c1. The normalized spacial score (nSPS) is 11.6. The third kappa shape index (κ3) is 4.55. The molecule has 1 aromatic carbocycles. The van der Waals surface area contributed by atoms with Crippen molar-refractivity contribution in [3.8, 4) is 5.75 Å². The van der Waals surface area contributed by atoms with Gasteiger partial charge in [0.15, 0.2) is 6.61 Å². The van der Waals surface area contributed by atoms with Crippen LogP contribution in [0.4, 0.5) is 0 Å². The summed E-state index contributed by atoms with van der Waals surface area (Å²) in [5.74, 6) is -1.25. The molecule has 0 aromatic heterocycles. The monoisotopic (exact) mass is 236 g/mol. The fourth-order valence-corrected chi connectivity index (χ4v) is 1.20. The van der Waals surface area contributed by atoms with Gasteiger partial charge in [0.2, 0.25) is 0 Å². The van der Waals surface area contributed by atoms with Gasteiger partial charge >= 0.3 is 0 Å².